The van der Waals surface area contributed by atoms with E-state index in [0.717, 1.165) is 22.0 Å². The van der Waals surface area contributed by atoms with Crippen LogP contribution in [0.4, 0.5) is 0 Å². The van der Waals surface area contributed by atoms with Crippen LogP contribution in [-0.2, 0) is 0 Å². The molecule has 0 aromatic heterocycles. The van der Waals surface area contributed by atoms with Gasteiger partial charge in [0.15, 0.2) is 0 Å². The summed E-state index contributed by atoms with van der Waals surface area (Å²) in [7, 11) is 0. The third-order valence-electron chi connectivity index (χ3n) is 2.67. The highest BCUT2D eigenvalue weighted by molar-refractivity contribution is 14.1. The molecular formula is C13H14INO. The Balaban J connectivity index is 2.15. The standard InChI is InChI=1S/C13H14INO/c1-2-9-15(12-7-8-12)13(16)10-3-5-11(14)6-4-10/h2-6,12H,1,7-9H2. The third kappa shape index (κ3) is 2.64. The highest BCUT2D eigenvalue weighted by Gasteiger charge is 2.31. The maximum absolute atomic E-state index is 12.2. The van der Waals surface area contributed by atoms with E-state index in [0.29, 0.717) is 12.6 Å². The van der Waals surface area contributed by atoms with Crippen molar-refractivity contribution in [3.05, 3.63) is 46.1 Å². The first-order valence-corrected chi connectivity index (χ1v) is 6.47. The van der Waals surface area contributed by atoms with Crippen LogP contribution in [0, 0.1) is 3.57 Å². The molecule has 1 fully saturated rings. The molecule has 0 N–H and O–H groups in total. The van der Waals surface area contributed by atoms with Crippen LogP contribution < -0.4 is 0 Å². The zero-order chi connectivity index (χ0) is 11.5. The van der Waals surface area contributed by atoms with Crippen molar-refractivity contribution in [2.45, 2.75) is 18.9 Å². The van der Waals surface area contributed by atoms with Gasteiger partial charge in [0, 0.05) is 21.7 Å². The van der Waals surface area contributed by atoms with E-state index in [1.807, 2.05) is 29.2 Å². The van der Waals surface area contributed by atoms with Gasteiger partial charge in [0.25, 0.3) is 5.91 Å². The number of halogens is 1. The van der Waals surface area contributed by atoms with Crippen molar-refractivity contribution in [3.8, 4) is 0 Å². The van der Waals surface area contributed by atoms with E-state index in [1.54, 1.807) is 6.08 Å². The summed E-state index contributed by atoms with van der Waals surface area (Å²) >= 11 is 2.24. The molecule has 0 bridgehead atoms. The van der Waals surface area contributed by atoms with Crippen LogP contribution >= 0.6 is 22.6 Å². The lowest BCUT2D eigenvalue weighted by Crippen LogP contribution is -2.33. The number of amides is 1. The number of carbonyl (C=O) groups is 1. The van der Waals surface area contributed by atoms with Crippen LogP contribution in [0.5, 0.6) is 0 Å². The topological polar surface area (TPSA) is 20.3 Å². The first kappa shape index (κ1) is 11.6. The Hall–Kier alpha value is -0.840. The van der Waals surface area contributed by atoms with Crippen LogP contribution in [0.15, 0.2) is 36.9 Å². The molecule has 3 heteroatoms. The quantitative estimate of drug-likeness (QED) is 0.615. The van der Waals surface area contributed by atoms with Gasteiger partial charge in [0.1, 0.15) is 0 Å². The fraction of sp³-hybridized carbons (Fsp3) is 0.308. The van der Waals surface area contributed by atoms with E-state index in [-0.39, 0.29) is 5.91 Å². The maximum Gasteiger partial charge on any atom is 0.254 e. The van der Waals surface area contributed by atoms with Crippen molar-refractivity contribution in [1.82, 2.24) is 4.90 Å². The second-order valence-corrected chi connectivity index (χ2v) is 5.23. The monoisotopic (exact) mass is 327 g/mol. The third-order valence-corrected chi connectivity index (χ3v) is 3.38. The van der Waals surface area contributed by atoms with Gasteiger partial charge in [-0.1, -0.05) is 6.08 Å². The number of hydrogen-bond donors (Lipinski definition) is 0. The Bertz CT molecular complexity index is 395. The van der Waals surface area contributed by atoms with Crippen LogP contribution in [0.25, 0.3) is 0 Å². The molecule has 1 aliphatic carbocycles. The molecule has 0 heterocycles. The Morgan fingerprint density at radius 3 is 2.56 bits per heavy atom. The van der Waals surface area contributed by atoms with Crippen molar-refractivity contribution in [3.63, 3.8) is 0 Å². The predicted molar refractivity (Wildman–Crippen MR) is 73.4 cm³/mol. The minimum atomic E-state index is 0.124. The van der Waals surface area contributed by atoms with Gasteiger partial charge in [-0.15, -0.1) is 6.58 Å². The van der Waals surface area contributed by atoms with Crippen molar-refractivity contribution >= 4 is 28.5 Å². The largest absolute Gasteiger partial charge is 0.332 e. The molecule has 0 radical (unpaired) electrons. The summed E-state index contributed by atoms with van der Waals surface area (Å²) in [6, 6.07) is 8.15. The Morgan fingerprint density at radius 1 is 1.44 bits per heavy atom. The zero-order valence-corrected chi connectivity index (χ0v) is 11.2. The summed E-state index contributed by atoms with van der Waals surface area (Å²) in [6.07, 6.45) is 4.05. The normalized spacial score (nSPS) is 14.6. The zero-order valence-electron chi connectivity index (χ0n) is 9.03. The number of hydrogen-bond acceptors (Lipinski definition) is 1. The van der Waals surface area contributed by atoms with Crippen molar-refractivity contribution in [1.29, 1.82) is 0 Å². The van der Waals surface area contributed by atoms with Gasteiger partial charge in [0.05, 0.1) is 0 Å². The van der Waals surface area contributed by atoms with Gasteiger partial charge in [-0.05, 0) is 59.7 Å². The van der Waals surface area contributed by atoms with Gasteiger partial charge in [-0.2, -0.15) is 0 Å². The minimum absolute atomic E-state index is 0.124. The van der Waals surface area contributed by atoms with Crippen LogP contribution in [0.2, 0.25) is 0 Å². The second kappa shape index (κ2) is 4.99. The molecule has 0 atom stereocenters. The predicted octanol–water partition coefficient (Wildman–Crippen LogP) is 3.08. The van der Waals surface area contributed by atoms with Crippen molar-refractivity contribution in [2.75, 3.05) is 6.54 Å². The average Bonchev–Trinajstić information content (AvgIpc) is 3.10. The second-order valence-electron chi connectivity index (χ2n) is 3.98. The molecule has 1 saturated carbocycles. The first-order valence-electron chi connectivity index (χ1n) is 5.40. The highest BCUT2D eigenvalue weighted by atomic mass is 127. The average molecular weight is 327 g/mol. The fourth-order valence-electron chi connectivity index (χ4n) is 1.68. The number of benzene rings is 1. The van der Waals surface area contributed by atoms with E-state index in [1.165, 1.54) is 0 Å². The van der Waals surface area contributed by atoms with E-state index >= 15 is 0 Å². The molecule has 0 saturated heterocycles. The van der Waals surface area contributed by atoms with Crippen LogP contribution in [0.3, 0.4) is 0 Å². The summed E-state index contributed by atoms with van der Waals surface area (Å²) in [5.41, 5.74) is 0.772. The number of nitrogens with zero attached hydrogens (tertiary/aromatic N) is 1. The molecule has 1 amide bonds. The Labute approximate surface area is 109 Å². The lowest BCUT2D eigenvalue weighted by molar-refractivity contribution is 0.0762. The summed E-state index contributed by atoms with van der Waals surface area (Å²) in [6.45, 7) is 4.35. The summed E-state index contributed by atoms with van der Waals surface area (Å²) in [5.74, 6) is 0.124. The van der Waals surface area contributed by atoms with Crippen LogP contribution in [-0.4, -0.2) is 23.4 Å². The summed E-state index contributed by atoms with van der Waals surface area (Å²) in [5, 5.41) is 0. The minimum Gasteiger partial charge on any atom is -0.332 e. The molecule has 1 aromatic carbocycles. The van der Waals surface area contributed by atoms with E-state index < -0.39 is 0 Å². The van der Waals surface area contributed by atoms with Crippen molar-refractivity contribution in [2.24, 2.45) is 0 Å². The van der Waals surface area contributed by atoms with Gasteiger partial charge in [-0.3, -0.25) is 4.79 Å². The first-order chi connectivity index (χ1) is 7.72. The lowest BCUT2D eigenvalue weighted by Gasteiger charge is -2.20. The number of rotatable bonds is 4. The lowest BCUT2D eigenvalue weighted by atomic mass is 10.2. The number of carbonyl (C=O) groups excluding carboxylic acids is 1. The van der Waals surface area contributed by atoms with Crippen molar-refractivity contribution < 1.29 is 4.79 Å². The molecule has 84 valence electrons. The van der Waals surface area contributed by atoms with Gasteiger partial charge < -0.3 is 4.90 Å². The smallest absolute Gasteiger partial charge is 0.254 e. The molecule has 1 aromatic rings. The molecular weight excluding hydrogens is 313 g/mol. The molecule has 2 rings (SSSR count). The van der Waals surface area contributed by atoms with E-state index in [9.17, 15) is 4.79 Å². The van der Waals surface area contributed by atoms with Gasteiger partial charge >= 0.3 is 0 Å². The molecule has 0 spiro atoms. The van der Waals surface area contributed by atoms with E-state index in [4.69, 9.17) is 0 Å². The summed E-state index contributed by atoms with van der Waals surface area (Å²) < 4.78 is 1.15. The van der Waals surface area contributed by atoms with E-state index in [2.05, 4.69) is 29.2 Å². The molecule has 1 aliphatic rings. The van der Waals surface area contributed by atoms with Gasteiger partial charge in [-0.25, -0.2) is 0 Å². The van der Waals surface area contributed by atoms with Gasteiger partial charge in [0.2, 0.25) is 0 Å². The maximum atomic E-state index is 12.2. The molecule has 0 aliphatic heterocycles. The Morgan fingerprint density at radius 2 is 2.06 bits per heavy atom. The molecule has 2 nitrogen and oxygen atoms in total. The Kier molecular flexibility index (Phi) is 3.63. The van der Waals surface area contributed by atoms with Crippen LogP contribution in [0.1, 0.15) is 23.2 Å². The highest BCUT2D eigenvalue weighted by Crippen LogP contribution is 2.28. The fourth-order valence-corrected chi connectivity index (χ4v) is 2.04. The molecule has 0 unspecified atom stereocenters. The summed E-state index contributed by atoms with van der Waals surface area (Å²) in [4.78, 5) is 14.1. The SMILES string of the molecule is C=CCN(C(=O)c1ccc(I)cc1)C1CC1. The molecule has 16 heavy (non-hydrogen) atoms.